The van der Waals surface area contributed by atoms with Gasteiger partial charge in [0.05, 0.1) is 0 Å². The summed E-state index contributed by atoms with van der Waals surface area (Å²) in [6.07, 6.45) is 0. The fraction of sp³-hybridized carbons (Fsp3) is 0.0435. The smallest absolute Gasteiger partial charge is 0 e. The molecule has 0 nitrogen and oxygen atoms in total. The van der Waals surface area contributed by atoms with E-state index in [0.717, 1.165) is 0 Å². The molecule has 0 aliphatic carbocycles. The van der Waals surface area contributed by atoms with Crippen molar-refractivity contribution in [2.45, 2.75) is 6.92 Å². The molecule has 0 N–H and O–H groups in total. The predicted octanol–water partition coefficient (Wildman–Crippen LogP) is 5.15. The normalized spacial score (nSPS) is 11.1. The summed E-state index contributed by atoms with van der Waals surface area (Å²) in [5.74, 6) is 0. The van der Waals surface area contributed by atoms with E-state index in [9.17, 15) is 0 Å². The molecule has 1 heteroatoms. The van der Waals surface area contributed by atoms with Crippen molar-refractivity contribution in [1.82, 2.24) is 0 Å². The summed E-state index contributed by atoms with van der Waals surface area (Å²) in [4.78, 5) is 0. The van der Waals surface area contributed by atoms with E-state index >= 15 is 0 Å². The van der Waals surface area contributed by atoms with Gasteiger partial charge in [0.25, 0.3) is 0 Å². The van der Waals surface area contributed by atoms with Gasteiger partial charge in [0, 0.05) is 1.43 Å². The molecular formula is C23H21P. The van der Waals surface area contributed by atoms with E-state index in [0.29, 0.717) is 0 Å². The topological polar surface area (TPSA) is 0 Å². The summed E-state index contributed by atoms with van der Waals surface area (Å²) in [5, 5.41) is 6.97. The van der Waals surface area contributed by atoms with E-state index in [1.54, 1.807) is 0 Å². The van der Waals surface area contributed by atoms with Crippen LogP contribution in [0.3, 0.4) is 0 Å². The number of aryl methyl sites for hydroxylation is 1. The standard InChI is InChI=1S/C23H19P.H2/c1-18-10-8-11-19-12-9-17-22(23(18)19)24(20-13-4-2-5-14-20)21-15-6-3-7-16-21;/h2-17H,1H3;1H. The molecule has 0 saturated carbocycles. The molecule has 0 radical (unpaired) electrons. The molecule has 0 spiro atoms. The number of hydrogen-bond donors (Lipinski definition) is 0. The van der Waals surface area contributed by atoms with E-state index in [2.05, 4.69) is 104 Å². The Bertz CT molecular complexity index is 920. The van der Waals surface area contributed by atoms with E-state index in [-0.39, 0.29) is 1.43 Å². The Hall–Kier alpha value is -2.43. The first-order valence-corrected chi connectivity index (χ1v) is 9.57. The highest BCUT2D eigenvalue weighted by atomic mass is 31.1. The highest BCUT2D eigenvalue weighted by Crippen LogP contribution is 2.36. The van der Waals surface area contributed by atoms with Crippen LogP contribution in [-0.2, 0) is 0 Å². The monoisotopic (exact) mass is 328 g/mol. The highest BCUT2D eigenvalue weighted by Gasteiger charge is 2.19. The van der Waals surface area contributed by atoms with E-state index < -0.39 is 7.92 Å². The zero-order valence-corrected chi connectivity index (χ0v) is 14.6. The summed E-state index contributed by atoms with van der Waals surface area (Å²) < 4.78 is 0. The molecular weight excluding hydrogens is 307 g/mol. The van der Waals surface area contributed by atoms with Crippen molar-refractivity contribution in [3.63, 3.8) is 0 Å². The van der Waals surface area contributed by atoms with E-state index in [4.69, 9.17) is 0 Å². The third kappa shape index (κ3) is 2.75. The molecule has 4 aromatic carbocycles. The second-order valence-corrected chi connectivity index (χ2v) is 8.14. The molecule has 4 rings (SSSR count). The summed E-state index contributed by atoms with van der Waals surface area (Å²) in [6.45, 7) is 2.22. The van der Waals surface area contributed by atoms with Crippen molar-refractivity contribution in [1.29, 1.82) is 0 Å². The molecule has 24 heavy (non-hydrogen) atoms. The average molecular weight is 328 g/mol. The number of hydrogen-bond acceptors (Lipinski definition) is 0. The SMILES string of the molecule is Cc1cccc2cccc(P(c3ccccc3)c3ccccc3)c12.[HH]. The van der Waals surface area contributed by atoms with Crippen LogP contribution in [0.4, 0.5) is 0 Å². The Morgan fingerprint density at radius 3 is 1.71 bits per heavy atom. The van der Waals surface area contributed by atoms with Gasteiger partial charge in [-0.05, 0) is 47.1 Å². The molecule has 0 aliphatic heterocycles. The zero-order valence-electron chi connectivity index (χ0n) is 13.7. The van der Waals surface area contributed by atoms with Crippen LogP contribution >= 0.6 is 7.92 Å². The summed E-state index contributed by atoms with van der Waals surface area (Å²) in [5.41, 5.74) is 1.35. The average Bonchev–Trinajstić information content (AvgIpc) is 2.64. The van der Waals surface area contributed by atoms with Crippen LogP contribution in [0, 0.1) is 6.92 Å². The maximum Gasteiger partial charge on any atom is 0 e. The molecule has 4 aromatic rings. The first kappa shape index (κ1) is 15.1. The molecule has 0 unspecified atom stereocenters. The highest BCUT2D eigenvalue weighted by molar-refractivity contribution is 7.80. The van der Waals surface area contributed by atoms with Crippen LogP contribution in [0.5, 0.6) is 0 Å². The van der Waals surface area contributed by atoms with Gasteiger partial charge in [-0.2, -0.15) is 0 Å². The third-order valence-corrected chi connectivity index (χ3v) is 6.84. The third-order valence-electron chi connectivity index (χ3n) is 4.36. The fourth-order valence-electron chi connectivity index (χ4n) is 3.27. The second kappa shape index (κ2) is 6.59. The van der Waals surface area contributed by atoms with Gasteiger partial charge in [-0.25, -0.2) is 0 Å². The van der Waals surface area contributed by atoms with Gasteiger partial charge in [0.2, 0.25) is 0 Å². The lowest BCUT2D eigenvalue weighted by Gasteiger charge is -2.22. The van der Waals surface area contributed by atoms with Crippen molar-refractivity contribution < 1.29 is 1.43 Å². The van der Waals surface area contributed by atoms with Crippen LogP contribution in [-0.4, -0.2) is 0 Å². The Labute approximate surface area is 146 Å². The molecule has 0 saturated heterocycles. The zero-order chi connectivity index (χ0) is 16.4. The van der Waals surface area contributed by atoms with Crippen LogP contribution in [0.25, 0.3) is 10.8 Å². The van der Waals surface area contributed by atoms with Gasteiger partial charge in [-0.3, -0.25) is 0 Å². The van der Waals surface area contributed by atoms with Gasteiger partial charge in [0.1, 0.15) is 0 Å². The largest absolute Gasteiger partial charge is 0.0622 e. The molecule has 0 fully saturated rings. The van der Waals surface area contributed by atoms with Crippen LogP contribution < -0.4 is 15.9 Å². The lowest BCUT2D eigenvalue weighted by atomic mass is 10.1. The van der Waals surface area contributed by atoms with Crippen LogP contribution in [0.1, 0.15) is 6.99 Å². The predicted molar refractivity (Wildman–Crippen MR) is 110 cm³/mol. The van der Waals surface area contributed by atoms with E-state index in [1.165, 1.54) is 32.2 Å². The van der Waals surface area contributed by atoms with Crippen molar-refractivity contribution in [2.75, 3.05) is 0 Å². The molecule has 118 valence electrons. The maximum atomic E-state index is 2.31. The van der Waals surface area contributed by atoms with Crippen molar-refractivity contribution in [2.24, 2.45) is 0 Å². The summed E-state index contributed by atoms with van der Waals surface area (Å²) >= 11 is 0. The van der Waals surface area contributed by atoms with Crippen molar-refractivity contribution in [3.05, 3.63) is 103 Å². The molecule has 0 aromatic heterocycles. The second-order valence-electron chi connectivity index (χ2n) is 5.96. The summed E-state index contributed by atoms with van der Waals surface area (Å²) in [6, 6.07) is 35.1. The van der Waals surface area contributed by atoms with E-state index in [1.807, 2.05) is 0 Å². The minimum Gasteiger partial charge on any atom is -0.0622 e. The number of fused-ring (bicyclic) bond motifs is 1. The van der Waals surface area contributed by atoms with Gasteiger partial charge in [-0.1, -0.05) is 97.1 Å². The van der Waals surface area contributed by atoms with Gasteiger partial charge < -0.3 is 0 Å². The first-order valence-electron chi connectivity index (χ1n) is 8.23. The molecule has 0 bridgehead atoms. The molecule has 0 aliphatic rings. The maximum absolute atomic E-state index is 2.31. The lowest BCUT2D eigenvalue weighted by molar-refractivity contribution is 1.54. The first-order chi connectivity index (χ1) is 11.8. The molecule has 0 heterocycles. The Morgan fingerprint density at radius 2 is 1.12 bits per heavy atom. The van der Waals surface area contributed by atoms with Gasteiger partial charge in [0.15, 0.2) is 0 Å². The van der Waals surface area contributed by atoms with Crippen molar-refractivity contribution in [3.8, 4) is 0 Å². The molecule has 0 amide bonds. The Kier molecular flexibility index (Phi) is 4.15. The van der Waals surface area contributed by atoms with Crippen LogP contribution in [0.15, 0.2) is 97.1 Å². The minimum absolute atomic E-state index is 0. The quantitative estimate of drug-likeness (QED) is 0.456. The number of rotatable bonds is 3. The summed E-state index contributed by atoms with van der Waals surface area (Å²) in [7, 11) is -0.562. The van der Waals surface area contributed by atoms with Gasteiger partial charge in [-0.15, -0.1) is 0 Å². The van der Waals surface area contributed by atoms with Crippen LogP contribution in [0.2, 0.25) is 0 Å². The lowest BCUT2D eigenvalue weighted by Crippen LogP contribution is -2.21. The molecule has 0 atom stereocenters. The number of benzene rings is 4. The Morgan fingerprint density at radius 1 is 0.583 bits per heavy atom. The fourth-order valence-corrected chi connectivity index (χ4v) is 5.83. The van der Waals surface area contributed by atoms with Crippen molar-refractivity contribution >= 4 is 34.6 Å². The Balaban J connectivity index is 0.00000182. The minimum atomic E-state index is -0.562. The van der Waals surface area contributed by atoms with Gasteiger partial charge >= 0.3 is 0 Å².